The first kappa shape index (κ1) is 18.5. The van der Waals surface area contributed by atoms with E-state index in [2.05, 4.69) is 14.3 Å². The van der Waals surface area contributed by atoms with Crippen LogP contribution < -0.4 is 11.3 Å². The molecule has 0 bridgehead atoms. The Morgan fingerprint density at radius 1 is 1.29 bits per heavy atom. The maximum absolute atomic E-state index is 12.6. The van der Waals surface area contributed by atoms with Crippen LogP contribution in [0.4, 0.5) is 11.5 Å². The third-order valence-electron chi connectivity index (χ3n) is 4.60. The third kappa shape index (κ3) is 2.76. The standard InChI is InChI=1S/C18H17N5O3S2/c1-4-28(25,26)18-22-27-17-21-16(24)13(15(19)23(17)18)8-11-10(3)20-14-6-5-9(2)7-12(11)14/h5-8H,4,19H2,1-3H3/b11-8+. The van der Waals surface area contributed by atoms with Gasteiger partial charge in [0.05, 0.1) is 17.0 Å². The highest BCUT2D eigenvalue weighted by molar-refractivity contribution is 7.91. The number of fused-ring (bicyclic) bond motifs is 2. The van der Waals surface area contributed by atoms with Crippen LogP contribution in [0, 0.1) is 6.92 Å². The number of aryl methyl sites for hydroxylation is 1. The molecule has 0 spiro atoms. The normalized spacial score (nSPS) is 15.2. The number of rotatable bonds is 3. The van der Waals surface area contributed by atoms with Gasteiger partial charge in [-0.1, -0.05) is 18.6 Å². The zero-order valence-corrected chi connectivity index (χ0v) is 17.1. The first-order chi connectivity index (χ1) is 13.2. The summed E-state index contributed by atoms with van der Waals surface area (Å²) in [6.07, 6.45) is 1.63. The van der Waals surface area contributed by atoms with Gasteiger partial charge in [-0.05, 0) is 32.1 Å². The Morgan fingerprint density at radius 2 is 2.04 bits per heavy atom. The van der Waals surface area contributed by atoms with Gasteiger partial charge < -0.3 is 5.73 Å². The summed E-state index contributed by atoms with van der Waals surface area (Å²) in [6.45, 7) is 5.34. The minimum Gasteiger partial charge on any atom is -0.384 e. The Bertz CT molecular complexity index is 1360. The van der Waals surface area contributed by atoms with Crippen molar-refractivity contribution in [1.82, 2.24) is 13.8 Å². The lowest BCUT2D eigenvalue weighted by Gasteiger charge is -2.08. The van der Waals surface area contributed by atoms with E-state index in [0.29, 0.717) is 0 Å². The van der Waals surface area contributed by atoms with Crippen LogP contribution in [0.3, 0.4) is 0 Å². The minimum atomic E-state index is -3.63. The molecule has 0 unspecified atom stereocenters. The summed E-state index contributed by atoms with van der Waals surface area (Å²) in [4.78, 5) is 21.2. The van der Waals surface area contributed by atoms with E-state index < -0.39 is 15.4 Å². The average molecular weight is 416 g/mol. The van der Waals surface area contributed by atoms with Crippen molar-refractivity contribution in [3.8, 4) is 0 Å². The van der Waals surface area contributed by atoms with E-state index in [4.69, 9.17) is 5.73 Å². The summed E-state index contributed by atoms with van der Waals surface area (Å²) < 4.78 is 29.9. The van der Waals surface area contributed by atoms with Crippen molar-refractivity contribution in [2.75, 3.05) is 11.5 Å². The van der Waals surface area contributed by atoms with E-state index in [-0.39, 0.29) is 27.3 Å². The van der Waals surface area contributed by atoms with Gasteiger partial charge in [0, 0.05) is 28.4 Å². The number of hydrogen-bond acceptors (Lipinski definition) is 8. The van der Waals surface area contributed by atoms with Gasteiger partial charge in [0.25, 0.3) is 5.56 Å². The van der Waals surface area contributed by atoms with Gasteiger partial charge in [-0.2, -0.15) is 9.36 Å². The van der Waals surface area contributed by atoms with E-state index in [1.54, 1.807) is 6.08 Å². The number of nitrogen functional groups attached to an aromatic ring is 1. The quantitative estimate of drug-likeness (QED) is 0.702. The van der Waals surface area contributed by atoms with Crippen LogP contribution in [0.15, 0.2) is 33.1 Å². The Morgan fingerprint density at radius 3 is 2.75 bits per heavy atom. The molecule has 2 aromatic heterocycles. The SMILES string of the molecule is CCS(=O)(=O)c1nsc2nc(=O)c(/C=C3\C(C)=Nc4ccc(C)cc43)c(N)n12. The number of hydrogen-bond donors (Lipinski definition) is 1. The third-order valence-corrected chi connectivity index (χ3v) is 7.01. The fraction of sp³-hybridized carbons (Fsp3) is 0.222. The second-order valence-electron chi connectivity index (χ2n) is 6.48. The number of nitrogens with zero attached hydrogens (tertiary/aromatic N) is 4. The number of aromatic nitrogens is 3. The number of sulfone groups is 1. The second-order valence-corrected chi connectivity index (χ2v) is 9.38. The van der Waals surface area contributed by atoms with Crippen LogP contribution in [0.5, 0.6) is 0 Å². The molecule has 28 heavy (non-hydrogen) atoms. The predicted molar refractivity (Wildman–Crippen MR) is 111 cm³/mol. The molecule has 0 amide bonds. The Kier molecular flexibility index (Phi) is 4.20. The molecule has 0 radical (unpaired) electrons. The highest BCUT2D eigenvalue weighted by atomic mass is 32.2. The lowest BCUT2D eigenvalue weighted by atomic mass is 9.99. The Labute approximate surface area is 165 Å². The van der Waals surface area contributed by atoms with E-state index >= 15 is 0 Å². The van der Waals surface area contributed by atoms with E-state index in [1.807, 2.05) is 32.0 Å². The summed E-state index contributed by atoms with van der Waals surface area (Å²) in [5.41, 5.74) is 10.1. The summed E-state index contributed by atoms with van der Waals surface area (Å²) in [5.74, 6) is -0.135. The predicted octanol–water partition coefficient (Wildman–Crippen LogP) is 2.48. The maximum atomic E-state index is 12.6. The molecular formula is C18H17N5O3S2. The number of nitrogens with two attached hydrogens (primary N) is 1. The van der Waals surface area contributed by atoms with Crippen LogP contribution in [0.1, 0.15) is 30.5 Å². The molecule has 3 aromatic rings. The molecule has 0 saturated carbocycles. The molecule has 3 heterocycles. The molecular weight excluding hydrogens is 398 g/mol. The summed E-state index contributed by atoms with van der Waals surface area (Å²) in [6, 6.07) is 5.87. The van der Waals surface area contributed by atoms with Crippen molar-refractivity contribution < 1.29 is 8.42 Å². The van der Waals surface area contributed by atoms with Crippen LogP contribution in [-0.4, -0.2) is 33.6 Å². The molecule has 2 N–H and O–H groups in total. The van der Waals surface area contributed by atoms with Crippen LogP contribution >= 0.6 is 11.5 Å². The molecule has 8 nitrogen and oxygen atoms in total. The molecule has 0 atom stereocenters. The van der Waals surface area contributed by atoms with Gasteiger partial charge in [-0.3, -0.25) is 9.79 Å². The molecule has 1 aliphatic heterocycles. The monoisotopic (exact) mass is 415 g/mol. The molecule has 1 aromatic carbocycles. The van der Waals surface area contributed by atoms with Crippen LogP contribution in [0.2, 0.25) is 0 Å². The van der Waals surface area contributed by atoms with Crippen LogP contribution in [0.25, 0.3) is 16.6 Å². The minimum absolute atomic E-state index is 0.00261. The van der Waals surface area contributed by atoms with Crippen molar-refractivity contribution in [3.05, 3.63) is 45.2 Å². The number of aliphatic imine (C=N–C) groups is 1. The average Bonchev–Trinajstić information content (AvgIpc) is 3.20. The molecule has 0 saturated heterocycles. The molecule has 1 aliphatic rings. The van der Waals surface area contributed by atoms with Gasteiger partial charge in [-0.25, -0.2) is 12.8 Å². The van der Waals surface area contributed by atoms with Crippen molar-refractivity contribution >= 4 is 55.2 Å². The molecule has 10 heteroatoms. The van der Waals surface area contributed by atoms with E-state index in [9.17, 15) is 13.2 Å². The second kappa shape index (κ2) is 6.35. The number of anilines is 1. The zero-order chi connectivity index (χ0) is 20.2. The Balaban J connectivity index is 2.00. The molecule has 0 fully saturated rings. The largest absolute Gasteiger partial charge is 0.384 e. The van der Waals surface area contributed by atoms with Gasteiger partial charge in [0.1, 0.15) is 5.82 Å². The fourth-order valence-corrected chi connectivity index (χ4v) is 5.06. The maximum Gasteiger partial charge on any atom is 0.283 e. The van der Waals surface area contributed by atoms with Crippen molar-refractivity contribution in [2.24, 2.45) is 4.99 Å². The van der Waals surface area contributed by atoms with Gasteiger partial charge in [0.15, 0.2) is 0 Å². The van der Waals surface area contributed by atoms with Gasteiger partial charge >= 0.3 is 0 Å². The molecule has 144 valence electrons. The molecule has 0 aliphatic carbocycles. The van der Waals surface area contributed by atoms with Crippen molar-refractivity contribution in [2.45, 2.75) is 25.9 Å². The Hall–Kier alpha value is -2.85. The first-order valence-corrected chi connectivity index (χ1v) is 10.9. The van der Waals surface area contributed by atoms with Gasteiger partial charge in [-0.15, -0.1) is 0 Å². The number of allylic oxidation sites excluding steroid dienone is 1. The fourth-order valence-electron chi connectivity index (χ4n) is 3.08. The number of benzene rings is 1. The first-order valence-electron chi connectivity index (χ1n) is 8.52. The molecule has 4 rings (SSSR count). The smallest absolute Gasteiger partial charge is 0.283 e. The summed E-state index contributed by atoms with van der Waals surface area (Å²) in [7, 11) is -3.63. The zero-order valence-electron chi connectivity index (χ0n) is 15.4. The van der Waals surface area contributed by atoms with Gasteiger partial charge in [0.2, 0.25) is 20.0 Å². The lowest BCUT2D eigenvalue weighted by molar-refractivity contribution is 0.588. The van der Waals surface area contributed by atoms with E-state index in [1.165, 1.54) is 11.3 Å². The topological polar surface area (TPSA) is 120 Å². The van der Waals surface area contributed by atoms with Crippen molar-refractivity contribution in [3.63, 3.8) is 0 Å². The lowest BCUT2D eigenvalue weighted by Crippen LogP contribution is -2.19. The summed E-state index contributed by atoms with van der Waals surface area (Å²) in [5, 5.41) is -0.201. The highest BCUT2D eigenvalue weighted by Crippen LogP contribution is 2.36. The van der Waals surface area contributed by atoms with Crippen LogP contribution in [-0.2, 0) is 9.84 Å². The van der Waals surface area contributed by atoms with E-state index in [0.717, 1.165) is 39.6 Å². The summed E-state index contributed by atoms with van der Waals surface area (Å²) >= 11 is 0.825. The van der Waals surface area contributed by atoms with Crippen molar-refractivity contribution in [1.29, 1.82) is 0 Å². The highest BCUT2D eigenvalue weighted by Gasteiger charge is 2.25.